The second kappa shape index (κ2) is 6.01. The van der Waals surface area contributed by atoms with E-state index in [1.165, 1.54) is 4.88 Å². The van der Waals surface area contributed by atoms with Crippen LogP contribution < -0.4 is 5.73 Å². The molecule has 1 aromatic heterocycles. The fourth-order valence-electron chi connectivity index (χ4n) is 2.07. The Kier molecular flexibility index (Phi) is 5.25. The van der Waals surface area contributed by atoms with Gasteiger partial charge in [-0.2, -0.15) is 0 Å². The average molecular weight is 261 g/mol. The molecule has 0 amide bonds. The Bertz CT molecular complexity index is 312. The van der Waals surface area contributed by atoms with Crippen LogP contribution in [0.5, 0.6) is 0 Å². The highest BCUT2D eigenvalue weighted by Crippen LogP contribution is 2.27. The zero-order valence-electron chi connectivity index (χ0n) is 10.3. The minimum absolute atomic E-state index is 0.121. The Labute approximate surface area is 107 Å². The van der Waals surface area contributed by atoms with Crippen LogP contribution in [0.25, 0.3) is 0 Å². The summed E-state index contributed by atoms with van der Waals surface area (Å²) in [6.45, 7) is 6.04. The number of nitrogens with two attached hydrogens (primary N) is 1. The number of likely N-dealkylation sites (N-methyl/N-ethyl adjacent to an activating group) is 1. The maximum atomic E-state index is 5.94. The molecule has 1 heterocycles. The van der Waals surface area contributed by atoms with Crippen LogP contribution in [0.4, 0.5) is 0 Å². The van der Waals surface area contributed by atoms with Crippen LogP contribution >= 0.6 is 22.9 Å². The van der Waals surface area contributed by atoms with Gasteiger partial charge in [0.05, 0.1) is 4.34 Å². The van der Waals surface area contributed by atoms with Crippen molar-refractivity contribution >= 4 is 22.9 Å². The average Bonchev–Trinajstić information content (AvgIpc) is 2.67. The van der Waals surface area contributed by atoms with Gasteiger partial charge in [0.25, 0.3) is 0 Å². The molecule has 2 N–H and O–H groups in total. The van der Waals surface area contributed by atoms with Gasteiger partial charge in [-0.1, -0.05) is 25.4 Å². The number of nitrogens with zero attached hydrogens (tertiary/aromatic N) is 1. The first-order valence-corrected chi connectivity index (χ1v) is 6.93. The minimum Gasteiger partial charge on any atom is -0.329 e. The Balaban J connectivity index is 2.72. The van der Waals surface area contributed by atoms with Crippen molar-refractivity contribution in [3.8, 4) is 0 Å². The predicted molar refractivity (Wildman–Crippen MR) is 73.2 cm³/mol. The second-order valence-electron chi connectivity index (χ2n) is 4.20. The van der Waals surface area contributed by atoms with Crippen LogP contribution in [0.3, 0.4) is 0 Å². The van der Waals surface area contributed by atoms with Crippen molar-refractivity contribution in [2.24, 2.45) is 5.73 Å². The monoisotopic (exact) mass is 260 g/mol. The van der Waals surface area contributed by atoms with Crippen molar-refractivity contribution < 1.29 is 0 Å². The third-order valence-corrected chi connectivity index (χ3v) is 4.74. The number of thiophene rings is 1. The molecular weight excluding hydrogens is 240 g/mol. The summed E-state index contributed by atoms with van der Waals surface area (Å²) < 4.78 is 0.856. The van der Waals surface area contributed by atoms with Gasteiger partial charge in [0.1, 0.15) is 0 Å². The molecule has 1 aromatic rings. The summed E-state index contributed by atoms with van der Waals surface area (Å²) in [5.41, 5.74) is 6.05. The van der Waals surface area contributed by atoms with Crippen molar-refractivity contribution in [1.82, 2.24) is 4.90 Å². The quantitative estimate of drug-likeness (QED) is 0.850. The molecule has 2 nitrogen and oxygen atoms in total. The van der Waals surface area contributed by atoms with Gasteiger partial charge in [-0.15, -0.1) is 11.3 Å². The molecule has 0 atom stereocenters. The summed E-state index contributed by atoms with van der Waals surface area (Å²) in [6.07, 6.45) is 2.16. The second-order valence-corrected chi connectivity index (χ2v) is 6.00. The minimum atomic E-state index is 0.121. The van der Waals surface area contributed by atoms with E-state index >= 15 is 0 Å². The van der Waals surface area contributed by atoms with Gasteiger partial charge in [0.15, 0.2) is 0 Å². The summed E-state index contributed by atoms with van der Waals surface area (Å²) in [4.78, 5) is 3.65. The molecule has 0 saturated heterocycles. The molecule has 0 aliphatic heterocycles. The van der Waals surface area contributed by atoms with E-state index in [9.17, 15) is 0 Å². The third-order valence-electron chi connectivity index (χ3n) is 3.53. The molecule has 0 fully saturated rings. The Morgan fingerprint density at radius 1 is 1.38 bits per heavy atom. The normalized spacial score (nSPS) is 12.4. The van der Waals surface area contributed by atoms with Gasteiger partial charge in [-0.3, -0.25) is 4.90 Å². The van der Waals surface area contributed by atoms with Crippen LogP contribution in [0.15, 0.2) is 12.1 Å². The molecule has 16 heavy (non-hydrogen) atoms. The van der Waals surface area contributed by atoms with Crippen molar-refractivity contribution in [3.05, 3.63) is 21.3 Å². The molecule has 0 aliphatic carbocycles. The van der Waals surface area contributed by atoms with Crippen molar-refractivity contribution in [1.29, 1.82) is 0 Å². The molecule has 0 spiro atoms. The van der Waals surface area contributed by atoms with E-state index < -0.39 is 0 Å². The standard InChI is InChI=1S/C12H21ClN2S/c1-4-12(5-2,9-14)15(3)8-10-6-7-11(13)16-10/h6-7H,4-5,8-9,14H2,1-3H3. The lowest BCUT2D eigenvalue weighted by Crippen LogP contribution is -2.50. The molecule has 0 unspecified atom stereocenters. The van der Waals surface area contributed by atoms with Gasteiger partial charge in [0.2, 0.25) is 0 Å². The topological polar surface area (TPSA) is 29.3 Å². The van der Waals surface area contributed by atoms with E-state index in [1.54, 1.807) is 11.3 Å². The maximum absolute atomic E-state index is 5.94. The highest BCUT2D eigenvalue weighted by Gasteiger charge is 2.29. The van der Waals surface area contributed by atoms with Gasteiger partial charge >= 0.3 is 0 Å². The van der Waals surface area contributed by atoms with Gasteiger partial charge in [0, 0.05) is 23.5 Å². The highest BCUT2D eigenvalue weighted by molar-refractivity contribution is 7.16. The first kappa shape index (κ1) is 14.0. The van der Waals surface area contributed by atoms with E-state index in [2.05, 4.69) is 31.9 Å². The first-order chi connectivity index (χ1) is 7.57. The molecule has 0 aromatic carbocycles. The number of hydrogen-bond acceptors (Lipinski definition) is 3. The van der Waals surface area contributed by atoms with Crippen LogP contribution in [0.1, 0.15) is 31.6 Å². The van der Waals surface area contributed by atoms with Crippen LogP contribution in [0, 0.1) is 0 Å². The van der Waals surface area contributed by atoms with Crippen molar-refractivity contribution in [2.75, 3.05) is 13.6 Å². The first-order valence-electron chi connectivity index (χ1n) is 5.73. The van der Waals surface area contributed by atoms with E-state index in [1.807, 2.05) is 6.07 Å². The van der Waals surface area contributed by atoms with Crippen molar-refractivity contribution in [2.45, 2.75) is 38.8 Å². The van der Waals surface area contributed by atoms with Crippen LogP contribution in [0.2, 0.25) is 4.34 Å². The highest BCUT2D eigenvalue weighted by atomic mass is 35.5. The molecule has 0 radical (unpaired) electrons. The van der Waals surface area contributed by atoms with E-state index in [4.69, 9.17) is 17.3 Å². The van der Waals surface area contributed by atoms with Crippen LogP contribution in [-0.2, 0) is 6.54 Å². The van der Waals surface area contributed by atoms with E-state index in [0.29, 0.717) is 6.54 Å². The Hall–Kier alpha value is -0.0900. The smallest absolute Gasteiger partial charge is 0.0931 e. The summed E-state index contributed by atoms with van der Waals surface area (Å²) in [5, 5.41) is 0. The summed E-state index contributed by atoms with van der Waals surface area (Å²) >= 11 is 7.58. The maximum Gasteiger partial charge on any atom is 0.0931 e. The summed E-state index contributed by atoms with van der Waals surface area (Å²) in [7, 11) is 2.15. The van der Waals surface area contributed by atoms with Crippen molar-refractivity contribution in [3.63, 3.8) is 0 Å². The summed E-state index contributed by atoms with van der Waals surface area (Å²) in [6, 6.07) is 4.05. The Morgan fingerprint density at radius 2 is 2.00 bits per heavy atom. The fourth-order valence-corrected chi connectivity index (χ4v) is 3.21. The zero-order chi connectivity index (χ0) is 12.2. The molecule has 92 valence electrons. The van der Waals surface area contributed by atoms with Gasteiger partial charge in [-0.05, 0) is 32.0 Å². The lowest BCUT2D eigenvalue weighted by molar-refractivity contribution is 0.109. The molecule has 0 bridgehead atoms. The molecule has 1 rings (SSSR count). The third kappa shape index (κ3) is 2.98. The fraction of sp³-hybridized carbons (Fsp3) is 0.667. The molecular formula is C12H21ClN2S. The number of hydrogen-bond donors (Lipinski definition) is 1. The largest absolute Gasteiger partial charge is 0.329 e. The van der Waals surface area contributed by atoms with E-state index in [0.717, 1.165) is 23.7 Å². The number of halogens is 1. The SMILES string of the molecule is CCC(CC)(CN)N(C)Cc1ccc(Cl)s1. The number of rotatable bonds is 6. The predicted octanol–water partition coefficient (Wildman–Crippen LogP) is 3.35. The van der Waals surface area contributed by atoms with Gasteiger partial charge < -0.3 is 5.73 Å². The van der Waals surface area contributed by atoms with Crippen LogP contribution in [-0.4, -0.2) is 24.0 Å². The lowest BCUT2D eigenvalue weighted by Gasteiger charge is -2.39. The Morgan fingerprint density at radius 3 is 2.38 bits per heavy atom. The van der Waals surface area contributed by atoms with E-state index in [-0.39, 0.29) is 5.54 Å². The lowest BCUT2D eigenvalue weighted by atomic mass is 9.91. The zero-order valence-corrected chi connectivity index (χ0v) is 11.9. The molecule has 0 saturated carbocycles. The molecule has 0 aliphatic rings. The van der Waals surface area contributed by atoms with Gasteiger partial charge in [-0.25, -0.2) is 0 Å². The molecule has 4 heteroatoms. The summed E-state index contributed by atoms with van der Waals surface area (Å²) in [5.74, 6) is 0.